The van der Waals surface area contributed by atoms with Gasteiger partial charge in [0.25, 0.3) is 0 Å². The van der Waals surface area contributed by atoms with Crippen molar-refractivity contribution in [2.75, 3.05) is 19.0 Å². The highest BCUT2D eigenvalue weighted by Gasteiger charge is 2.31. The summed E-state index contributed by atoms with van der Waals surface area (Å²) in [5.41, 5.74) is 0.372. The Balaban J connectivity index is 1.90. The van der Waals surface area contributed by atoms with E-state index in [4.69, 9.17) is 4.74 Å². The van der Waals surface area contributed by atoms with Gasteiger partial charge >= 0.3 is 0 Å². The molecular formula is C14H22N2O2. The zero-order chi connectivity index (χ0) is 13.0. The largest absolute Gasteiger partial charge is 0.481 e. The number of ether oxygens (including phenoxy) is 1. The van der Waals surface area contributed by atoms with Crippen molar-refractivity contribution < 1.29 is 9.84 Å². The van der Waals surface area contributed by atoms with Gasteiger partial charge in [0.1, 0.15) is 0 Å². The van der Waals surface area contributed by atoms with Crippen LogP contribution in [0.25, 0.3) is 0 Å². The molecule has 1 aliphatic carbocycles. The van der Waals surface area contributed by atoms with Crippen molar-refractivity contribution in [3.63, 3.8) is 0 Å². The molecule has 1 aromatic rings. The van der Waals surface area contributed by atoms with Crippen molar-refractivity contribution in [1.29, 1.82) is 0 Å². The van der Waals surface area contributed by atoms with Crippen LogP contribution in [0.3, 0.4) is 0 Å². The van der Waals surface area contributed by atoms with Gasteiger partial charge in [-0.05, 0) is 37.7 Å². The summed E-state index contributed by atoms with van der Waals surface area (Å²) in [6.45, 7) is 2.84. The molecule has 0 aliphatic heterocycles. The highest BCUT2D eigenvalue weighted by Crippen LogP contribution is 2.32. The molecule has 1 aromatic heterocycles. The van der Waals surface area contributed by atoms with Gasteiger partial charge < -0.3 is 15.2 Å². The van der Waals surface area contributed by atoms with Gasteiger partial charge in [-0.15, -0.1) is 0 Å². The molecule has 1 aliphatic rings. The van der Waals surface area contributed by atoms with Crippen LogP contribution in [-0.4, -0.2) is 29.3 Å². The van der Waals surface area contributed by atoms with Crippen LogP contribution in [-0.2, 0) is 0 Å². The smallest absolute Gasteiger partial charge is 0.214 e. The zero-order valence-corrected chi connectivity index (χ0v) is 11.1. The van der Waals surface area contributed by atoms with Gasteiger partial charge in [-0.25, -0.2) is 4.98 Å². The number of rotatable bonds is 4. The molecule has 4 nitrogen and oxygen atoms in total. The highest BCUT2D eigenvalue weighted by molar-refractivity contribution is 5.45. The third-order valence-electron chi connectivity index (χ3n) is 3.77. The van der Waals surface area contributed by atoms with Gasteiger partial charge in [0.2, 0.25) is 5.88 Å². The van der Waals surface area contributed by atoms with E-state index in [-0.39, 0.29) is 0 Å². The Bertz CT molecular complexity index is 387. The summed E-state index contributed by atoms with van der Waals surface area (Å²) in [7, 11) is 1.60. The number of anilines is 1. The van der Waals surface area contributed by atoms with E-state index in [1.807, 2.05) is 12.1 Å². The minimum atomic E-state index is -0.566. The first-order valence-corrected chi connectivity index (χ1v) is 6.58. The van der Waals surface area contributed by atoms with Gasteiger partial charge in [0, 0.05) is 24.5 Å². The van der Waals surface area contributed by atoms with E-state index >= 15 is 0 Å². The van der Waals surface area contributed by atoms with Crippen LogP contribution >= 0.6 is 0 Å². The van der Waals surface area contributed by atoms with Crippen LogP contribution < -0.4 is 10.1 Å². The van der Waals surface area contributed by atoms with Crippen LogP contribution in [0, 0.1) is 5.92 Å². The minimum absolute atomic E-state index is 0.566. The fourth-order valence-corrected chi connectivity index (χ4v) is 2.37. The Morgan fingerprint density at radius 1 is 1.50 bits per heavy atom. The Hall–Kier alpha value is -1.29. The summed E-state index contributed by atoms with van der Waals surface area (Å²) in [5, 5.41) is 13.7. The fraction of sp³-hybridized carbons (Fsp3) is 0.643. The van der Waals surface area contributed by atoms with E-state index < -0.39 is 5.60 Å². The predicted octanol–water partition coefficient (Wildman–Crippen LogP) is 2.44. The molecule has 4 heteroatoms. The average Bonchev–Trinajstić information content (AvgIpc) is 2.41. The molecular weight excluding hydrogens is 228 g/mol. The maximum atomic E-state index is 10.5. The lowest BCUT2D eigenvalue weighted by Gasteiger charge is -2.35. The summed E-state index contributed by atoms with van der Waals surface area (Å²) in [5.74, 6) is 1.33. The molecule has 0 spiro atoms. The third kappa shape index (κ3) is 3.35. The Morgan fingerprint density at radius 3 is 2.89 bits per heavy atom. The lowest BCUT2D eigenvalue weighted by atomic mass is 9.79. The van der Waals surface area contributed by atoms with Crippen molar-refractivity contribution in [3.05, 3.63) is 18.3 Å². The lowest BCUT2D eigenvalue weighted by molar-refractivity contribution is 0.00501. The Labute approximate surface area is 108 Å². The number of aliphatic hydroxyl groups is 1. The Kier molecular flexibility index (Phi) is 4.07. The minimum Gasteiger partial charge on any atom is -0.481 e. The summed E-state index contributed by atoms with van der Waals surface area (Å²) in [6.07, 6.45) is 5.68. The highest BCUT2D eigenvalue weighted by atomic mass is 16.5. The molecule has 1 saturated carbocycles. The molecule has 2 rings (SSSR count). The number of methoxy groups -OCH3 is 1. The third-order valence-corrected chi connectivity index (χ3v) is 3.77. The summed E-state index contributed by atoms with van der Waals surface area (Å²) >= 11 is 0. The van der Waals surface area contributed by atoms with Crippen LogP contribution in [0.2, 0.25) is 0 Å². The molecule has 0 atom stereocenters. The zero-order valence-electron chi connectivity index (χ0n) is 11.1. The first kappa shape index (κ1) is 13.1. The molecule has 1 heterocycles. The van der Waals surface area contributed by atoms with E-state index in [0.29, 0.717) is 12.4 Å². The number of aromatic nitrogens is 1. The molecule has 0 saturated heterocycles. The molecule has 0 amide bonds. The lowest BCUT2D eigenvalue weighted by Crippen LogP contribution is -2.40. The van der Waals surface area contributed by atoms with Gasteiger partial charge in [0.15, 0.2) is 0 Å². The van der Waals surface area contributed by atoms with Crippen LogP contribution in [0.15, 0.2) is 18.3 Å². The summed E-state index contributed by atoms with van der Waals surface area (Å²) in [6, 6.07) is 3.73. The molecule has 0 unspecified atom stereocenters. The number of hydrogen-bond acceptors (Lipinski definition) is 4. The topological polar surface area (TPSA) is 54.4 Å². The maximum Gasteiger partial charge on any atom is 0.214 e. The van der Waals surface area contributed by atoms with E-state index in [2.05, 4.69) is 17.2 Å². The molecule has 18 heavy (non-hydrogen) atoms. The number of pyridine rings is 1. The molecule has 1 fully saturated rings. The quantitative estimate of drug-likeness (QED) is 0.862. The predicted molar refractivity (Wildman–Crippen MR) is 71.9 cm³/mol. The SMILES string of the molecule is COc1cc(NCC2(O)CCC(C)CC2)ccn1. The van der Waals surface area contributed by atoms with Crippen molar-refractivity contribution >= 4 is 5.69 Å². The van der Waals surface area contributed by atoms with E-state index in [0.717, 1.165) is 37.3 Å². The summed E-state index contributed by atoms with van der Waals surface area (Å²) in [4.78, 5) is 4.06. The van der Waals surface area contributed by atoms with Gasteiger partial charge in [0.05, 0.1) is 12.7 Å². The van der Waals surface area contributed by atoms with Crippen LogP contribution in [0.5, 0.6) is 5.88 Å². The standard InChI is InChI=1S/C14H22N2O2/c1-11-3-6-14(17,7-4-11)10-16-12-5-8-15-13(9-12)18-2/h5,8-9,11,17H,3-4,6-7,10H2,1-2H3,(H,15,16). The average molecular weight is 250 g/mol. The number of hydrogen-bond donors (Lipinski definition) is 2. The van der Waals surface area contributed by atoms with E-state index in [9.17, 15) is 5.11 Å². The van der Waals surface area contributed by atoms with Crippen molar-refractivity contribution in [2.45, 2.75) is 38.2 Å². The Morgan fingerprint density at radius 2 is 2.22 bits per heavy atom. The molecule has 2 N–H and O–H groups in total. The van der Waals surface area contributed by atoms with Gasteiger partial charge in [-0.3, -0.25) is 0 Å². The van der Waals surface area contributed by atoms with Crippen molar-refractivity contribution in [1.82, 2.24) is 4.98 Å². The number of nitrogens with one attached hydrogen (secondary N) is 1. The van der Waals surface area contributed by atoms with Crippen molar-refractivity contribution in [2.24, 2.45) is 5.92 Å². The first-order valence-electron chi connectivity index (χ1n) is 6.58. The van der Waals surface area contributed by atoms with Crippen molar-refractivity contribution in [3.8, 4) is 5.88 Å². The van der Waals surface area contributed by atoms with E-state index in [1.165, 1.54) is 0 Å². The van der Waals surface area contributed by atoms with Gasteiger partial charge in [-0.2, -0.15) is 0 Å². The van der Waals surface area contributed by atoms with Gasteiger partial charge in [-0.1, -0.05) is 6.92 Å². The monoisotopic (exact) mass is 250 g/mol. The number of nitrogens with zero attached hydrogens (tertiary/aromatic N) is 1. The maximum absolute atomic E-state index is 10.5. The normalized spacial score (nSPS) is 27.8. The van der Waals surface area contributed by atoms with E-state index in [1.54, 1.807) is 13.3 Å². The molecule has 0 bridgehead atoms. The van der Waals surface area contributed by atoms with Crippen LogP contribution in [0.1, 0.15) is 32.6 Å². The molecule has 100 valence electrons. The summed E-state index contributed by atoms with van der Waals surface area (Å²) < 4.78 is 5.07. The second-order valence-electron chi connectivity index (χ2n) is 5.35. The fourth-order valence-electron chi connectivity index (χ4n) is 2.37. The first-order chi connectivity index (χ1) is 8.61. The second-order valence-corrected chi connectivity index (χ2v) is 5.35. The molecule has 0 radical (unpaired) electrons. The second kappa shape index (κ2) is 5.57. The molecule has 0 aromatic carbocycles. The van der Waals surface area contributed by atoms with Crippen LogP contribution in [0.4, 0.5) is 5.69 Å².